The van der Waals surface area contributed by atoms with E-state index >= 15 is 0 Å². The van der Waals surface area contributed by atoms with Gasteiger partial charge in [-0.3, -0.25) is 14.4 Å². The van der Waals surface area contributed by atoms with Crippen LogP contribution >= 0.6 is 0 Å². The number of aliphatic carboxylic acids is 1. The van der Waals surface area contributed by atoms with Gasteiger partial charge in [-0.1, -0.05) is 12.8 Å². The fraction of sp³-hybridized carbons (Fsp3) is 0.526. The van der Waals surface area contributed by atoms with Crippen LogP contribution in [0.5, 0.6) is 5.75 Å². The molecule has 6 nitrogen and oxygen atoms in total. The summed E-state index contributed by atoms with van der Waals surface area (Å²) in [6.07, 6.45) is 2.64. The lowest BCUT2D eigenvalue weighted by molar-refractivity contribution is -0.146. The highest BCUT2D eigenvalue weighted by Crippen LogP contribution is 2.34. The molecule has 0 spiro atoms. The molecule has 1 amide bonds. The number of methoxy groups -OCH3 is 1. The van der Waals surface area contributed by atoms with Crippen LogP contribution in [0.1, 0.15) is 55.8 Å². The Hall–Kier alpha value is -2.44. The van der Waals surface area contributed by atoms with E-state index in [0.717, 1.165) is 18.9 Å². The predicted octanol–water partition coefficient (Wildman–Crippen LogP) is 2.95. The average Bonchev–Trinajstić information content (AvgIpc) is 2.59. The topological polar surface area (TPSA) is 92.7 Å². The zero-order chi connectivity index (χ0) is 19.3. The van der Waals surface area contributed by atoms with Crippen LogP contribution in [0.4, 0.5) is 4.39 Å². The number of ketones is 1. The Morgan fingerprint density at radius 2 is 2.04 bits per heavy atom. The monoisotopic (exact) mass is 365 g/mol. The number of carbonyl (C=O) groups is 3. The number of rotatable bonds is 7. The Labute approximate surface area is 151 Å². The number of Topliss-reactive ketones (excluding diaryl/α,β-unsaturated/α-hetero) is 1. The predicted molar refractivity (Wildman–Crippen MR) is 92.7 cm³/mol. The first-order valence-corrected chi connectivity index (χ1v) is 8.67. The van der Waals surface area contributed by atoms with Gasteiger partial charge < -0.3 is 15.2 Å². The molecule has 26 heavy (non-hydrogen) atoms. The van der Waals surface area contributed by atoms with Gasteiger partial charge in [0.25, 0.3) is 0 Å². The van der Waals surface area contributed by atoms with E-state index in [0.29, 0.717) is 12.8 Å². The molecule has 0 bridgehead atoms. The van der Waals surface area contributed by atoms with E-state index < -0.39 is 23.2 Å². The summed E-state index contributed by atoms with van der Waals surface area (Å²) in [4.78, 5) is 35.8. The summed E-state index contributed by atoms with van der Waals surface area (Å²) in [7, 11) is 1.33. The Kier molecular flexibility index (Phi) is 6.34. The molecule has 142 valence electrons. The summed E-state index contributed by atoms with van der Waals surface area (Å²) in [6, 6.07) is 3.90. The van der Waals surface area contributed by atoms with Gasteiger partial charge in [0.1, 0.15) is 0 Å². The van der Waals surface area contributed by atoms with Crippen molar-refractivity contribution in [3.8, 4) is 5.75 Å². The third-order valence-electron chi connectivity index (χ3n) is 4.98. The van der Waals surface area contributed by atoms with Crippen molar-refractivity contribution in [1.82, 2.24) is 5.32 Å². The Balaban J connectivity index is 1.94. The van der Waals surface area contributed by atoms with Crippen LogP contribution in [-0.2, 0) is 9.59 Å². The lowest BCUT2D eigenvalue weighted by Crippen LogP contribution is -2.55. The summed E-state index contributed by atoms with van der Waals surface area (Å²) < 4.78 is 18.5. The van der Waals surface area contributed by atoms with Crippen molar-refractivity contribution in [3.63, 3.8) is 0 Å². The number of ether oxygens (including phenoxy) is 1. The van der Waals surface area contributed by atoms with E-state index in [4.69, 9.17) is 4.74 Å². The van der Waals surface area contributed by atoms with E-state index in [-0.39, 0.29) is 35.8 Å². The number of carbonyl (C=O) groups excluding carboxylic acids is 2. The van der Waals surface area contributed by atoms with Gasteiger partial charge in [-0.05, 0) is 38.0 Å². The number of benzene rings is 1. The molecule has 2 N–H and O–H groups in total. The number of amides is 1. The fourth-order valence-electron chi connectivity index (χ4n) is 3.47. The number of hydrogen-bond donors (Lipinski definition) is 2. The van der Waals surface area contributed by atoms with Crippen molar-refractivity contribution in [3.05, 3.63) is 29.6 Å². The lowest BCUT2D eigenvalue weighted by Gasteiger charge is -2.39. The lowest BCUT2D eigenvalue weighted by atomic mass is 9.74. The van der Waals surface area contributed by atoms with Crippen LogP contribution in [0, 0.1) is 11.7 Å². The third kappa shape index (κ3) is 4.59. The van der Waals surface area contributed by atoms with E-state index in [2.05, 4.69) is 5.32 Å². The van der Waals surface area contributed by atoms with Crippen molar-refractivity contribution < 1.29 is 28.6 Å². The second-order valence-corrected chi connectivity index (χ2v) is 6.87. The number of nitrogens with one attached hydrogen (secondary N) is 1. The molecule has 7 heteroatoms. The molecule has 0 aliphatic heterocycles. The second-order valence-electron chi connectivity index (χ2n) is 6.87. The van der Waals surface area contributed by atoms with Crippen molar-refractivity contribution >= 4 is 17.7 Å². The SMILES string of the molecule is COc1ccc(C(=O)CCC(=O)NC2(C)CCCCC2C(=O)O)cc1F. The molecule has 1 aliphatic carbocycles. The van der Waals surface area contributed by atoms with Crippen molar-refractivity contribution in [2.45, 2.75) is 51.0 Å². The number of halogens is 1. The highest BCUT2D eigenvalue weighted by molar-refractivity contribution is 5.98. The largest absolute Gasteiger partial charge is 0.494 e. The molecule has 2 unspecified atom stereocenters. The van der Waals surface area contributed by atoms with Gasteiger partial charge in [0.2, 0.25) is 5.91 Å². The summed E-state index contributed by atoms with van der Waals surface area (Å²) in [5.41, 5.74) is -0.639. The van der Waals surface area contributed by atoms with Crippen molar-refractivity contribution in [2.24, 2.45) is 5.92 Å². The van der Waals surface area contributed by atoms with E-state index in [1.54, 1.807) is 6.92 Å². The van der Waals surface area contributed by atoms with Gasteiger partial charge in [0.15, 0.2) is 17.3 Å². The van der Waals surface area contributed by atoms with Crippen LogP contribution in [0.2, 0.25) is 0 Å². The van der Waals surface area contributed by atoms with E-state index in [9.17, 15) is 23.9 Å². The van der Waals surface area contributed by atoms with Gasteiger partial charge in [0, 0.05) is 18.4 Å². The molecular formula is C19H24FNO5. The zero-order valence-corrected chi connectivity index (χ0v) is 15.0. The van der Waals surface area contributed by atoms with Crippen LogP contribution in [-0.4, -0.2) is 35.4 Å². The van der Waals surface area contributed by atoms with Gasteiger partial charge in [0.05, 0.1) is 18.6 Å². The quantitative estimate of drug-likeness (QED) is 0.725. The van der Waals surface area contributed by atoms with Crippen molar-refractivity contribution in [2.75, 3.05) is 7.11 Å². The summed E-state index contributed by atoms with van der Waals surface area (Å²) in [5, 5.41) is 12.2. The number of hydrogen-bond acceptors (Lipinski definition) is 4. The van der Waals surface area contributed by atoms with Crippen LogP contribution in [0.3, 0.4) is 0 Å². The second kappa shape index (κ2) is 8.29. The van der Waals surface area contributed by atoms with E-state index in [1.807, 2.05) is 0 Å². The minimum atomic E-state index is -0.919. The normalized spacial score (nSPS) is 22.5. The number of carboxylic acids is 1. The highest BCUT2D eigenvalue weighted by atomic mass is 19.1. The molecule has 2 atom stereocenters. The Morgan fingerprint density at radius 3 is 2.65 bits per heavy atom. The molecule has 0 radical (unpaired) electrons. The van der Waals surface area contributed by atoms with E-state index in [1.165, 1.54) is 19.2 Å². The average molecular weight is 365 g/mol. The number of carboxylic acid groups (broad SMARTS) is 1. The molecule has 1 aromatic carbocycles. The Morgan fingerprint density at radius 1 is 1.31 bits per heavy atom. The maximum absolute atomic E-state index is 13.7. The van der Waals surface area contributed by atoms with Gasteiger partial charge in [-0.15, -0.1) is 0 Å². The summed E-state index contributed by atoms with van der Waals surface area (Å²) >= 11 is 0. The maximum Gasteiger partial charge on any atom is 0.308 e. The first kappa shape index (κ1) is 19.9. The molecule has 1 fully saturated rings. The Bertz CT molecular complexity index is 705. The highest BCUT2D eigenvalue weighted by Gasteiger charge is 2.42. The molecule has 1 saturated carbocycles. The van der Waals surface area contributed by atoms with Gasteiger partial charge >= 0.3 is 5.97 Å². The minimum Gasteiger partial charge on any atom is -0.494 e. The smallest absolute Gasteiger partial charge is 0.308 e. The van der Waals surface area contributed by atoms with Crippen LogP contribution < -0.4 is 10.1 Å². The van der Waals surface area contributed by atoms with Crippen molar-refractivity contribution in [1.29, 1.82) is 0 Å². The minimum absolute atomic E-state index is 0.0456. The standard InChI is InChI=1S/C19H24FNO5/c1-19(10-4-3-5-13(19)18(24)25)21-17(23)9-7-15(22)12-6-8-16(26-2)14(20)11-12/h6,8,11,13H,3-5,7,9-10H2,1-2H3,(H,21,23)(H,24,25). The van der Waals surface area contributed by atoms with Crippen LogP contribution in [0.25, 0.3) is 0 Å². The van der Waals surface area contributed by atoms with Gasteiger partial charge in [-0.25, -0.2) is 4.39 Å². The first-order valence-electron chi connectivity index (χ1n) is 8.67. The summed E-state index contributed by atoms with van der Waals surface area (Å²) in [6.45, 7) is 1.74. The molecule has 1 aliphatic rings. The molecular weight excluding hydrogens is 341 g/mol. The third-order valence-corrected chi connectivity index (χ3v) is 4.98. The van der Waals surface area contributed by atoms with Crippen LogP contribution in [0.15, 0.2) is 18.2 Å². The summed E-state index contributed by atoms with van der Waals surface area (Å²) in [5.74, 6) is -2.87. The molecule has 0 aromatic heterocycles. The first-order chi connectivity index (χ1) is 12.3. The maximum atomic E-state index is 13.7. The molecule has 0 heterocycles. The molecule has 2 rings (SSSR count). The molecule has 1 aromatic rings. The zero-order valence-electron chi connectivity index (χ0n) is 15.0. The van der Waals surface area contributed by atoms with Gasteiger partial charge in [-0.2, -0.15) is 0 Å². The fourth-order valence-corrected chi connectivity index (χ4v) is 3.47. The molecule has 0 saturated heterocycles.